The van der Waals surface area contributed by atoms with Crippen LogP contribution in [0.4, 0.5) is 0 Å². The molecule has 0 spiro atoms. The van der Waals surface area contributed by atoms with Crippen molar-refractivity contribution in [3.05, 3.63) is 63.6 Å². The lowest BCUT2D eigenvalue weighted by molar-refractivity contribution is -0.149. The Morgan fingerprint density at radius 3 is 2.44 bits per heavy atom. The summed E-state index contributed by atoms with van der Waals surface area (Å²) in [6, 6.07) is 11.1. The van der Waals surface area contributed by atoms with Gasteiger partial charge in [0.05, 0.1) is 23.2 Å². The van der Waals surface area contributed by atoms with Crippen LogP contribution in [0.15, 0.2) is 52.5 Å². The maximum Gasteiger partial charge on any atom is 0.333 e. The lowest BCUT2D eigenvalue weighted by Gasteiger charge is -2.13. The van der Waals surface area contributed by atoms with E-state index in [0.29, 0.717) is 37.9 Å². The third kappa shape index (κ3) is 8.77. The molecule has 2 aromatic carbocycles. The van der Waals surface area contributed by atoms with E-state index in [-0.39, 0.29) is 6.42 Å². The van der Waals surface area contributed by atoms with E-state index in [1.807, 2.05) is 63.2 Å². The number of carboxylic acids is 1. The first kappa shape index (κ1) is 27.3. The Morgan fingerprint density at radius 2 is 1.79 bits per heavy atom. The number of halogens is 1. The first-order valence-corrected chi connectivity index (χ1v) is 12.0. The van der Waals surface area contributed by atoms with E-state index >= 15 is 0 Å². The molecule has 0 aliphatic carbocycles. The summed E-state index contributed by atoms with van der Waals surface area (Å²) < 4.78 is 23.1. The summed E-state index contributed by atoms with van der Waals surface area (Å²) in [4.78, 5) is 11.3. The zero-order chi connectivity index (χ0) is 24.9. The summed E-state index contributed by atoms with van der Waals surface area (Å²) in [5.74, 6) is 7.42. The van der Waals surface area contributed by atoms with Gasteiger partial charge in [0.2, 0.25) is 0 Å². The van der Waals surface area contributed by atoms with Gasteiger partial charge in [0.15, 0.2) is 6.10 Å². The van der Waals surface area contributed by atoms with E-state index in [2.05, 4.69) is 27.8 Å². The summed E-state index contributed by atoms with van der Waals surface area (Å²) in [5, 5.41) is 9.26. The van der Waals surface area contributed by atoms with E-state index in [0.717, 1.165) is 26.9 Å². The zero-order valence-corrected chi connectivity index (χ0v) is 21.6. The molecule has 182 valence electrons. The molecule has 1 unspecified atom stereocenters. The lowest BCUT2D eigenvalue weighted by Crippen LogP contribution is -2.26. The van der Waals surface area contributed by atoms with Crippen LogP contribution in [0, 0.1) is 11.8 Å². The molecule has 6 nitrogen and oxygen atoms in total. The fraction of sp³-hybridized carbons (Fsp3) is 0.370. The predicted octanol–water partition coefficient (Wildman–Crippen LogP) is 5.66. The number of rotatable bonds is 12. The fourth-order valence-electron chi connectivity index (χ4n) is 3.03. The molecule has 0 saturated carbocycles. The molecular weight excluding hydrogens is 500 g/mol. The zero-order valence-electron chi connectivity index (χ0n) is 20.0. The third-order valence-electron chi connectivity index (χ3n) is 4.65. The third-order valence-corrected chi connectivity index (χ3v) is 5.27. The largest absolute Gasteiger partial charge is 0.494 e. The molecule has 0 radical (unpaired) electrons. The summed E-state index contributed by atoms with van der Waals surface area (Å²) in [5.41, 5.74) is 2.51. The molecule has 2 aromatic rings. The second-order valence-electron chi connectivity index (χ2n) is 7.22. The average molecular weight is 531 g/mol. The quantitative estimate of drug-likeness (QED) is 0.357. The minimum atomic E-state index is -0.973. The van der Waals surface area contributed by atoms with Crippen molar-refractivity contribution in [2.45, 2.75) is 40.2 Å². The van der Waals surface area contributed by atoms with Gasteiger partial charge in [-0.25, -0.2) is 4.79 Å². The van der Waals surface area contributed by atoms with Crippen LogP contribution in [-0.4, -0.2) is 43.6 Å². The maximum absolute atomic E-state index is 11.3. The van der Waals surface area contributed by atoms with Crippen molar-refractivity contribution in [2.24, 2.45) is 0 Å². The van der Waals surface area contributed by atoms with E-state index < -0.39 is 12.1 Å². The van der Waals surface area contributed by atoms with Crippen molar-refractivity contribution in [2.75, 3.05) is 26.4 Å². The molecular formula is C27H31BrO6. The number of carboxylic acid groups (broad SMARTS) is 1. The monoisotopic (exact) mass is 530 g/mol. The molecule has 0 aromatic heterocycles. The van der Waals surface area contributed by atoms with Gasteiger partial charge >= 0.3 is 5.97 Å². The van der Waals surface area contributed by atoms with Crippen LogP contribution >= 0.6 is 15.9 Å². The van der Waals surface area contributed by atoms with Crippen molar-refractivity contribution >= 4 is 21.9 Å². The molecule has 1 atom stereocenters. The van der Waals surface area contributed by atoms with Gasteiger partial charge in [0.1, 0.15) is 23.9 Å². The van der Waals surface area contributed by atoms with Gasteiger partial charge < -0.3 is 24.1 Å². The summed E-state index contributed by atoms with van der Waals surface area (Å²) in [6.07, 6.45) is 1.32. The molecule has 0 aliphatic heterocycles. The molecule has 0 fully saturated rings. The molecule has 0 aliphatic rings. The van der Waals surface area contributed by atoms with Crippen molar-refractivity contribution < 1.29 is 28.8 Å². The second kappa shape index (κ2) is 14.3. The Balaban J connectivity index is 2.01. The Labute approximate surface area is 210 Å². The topological polar surface area (TPSA) is 74.2 Å². The van der Waals surface area contributed by atoms with E-state index in [1.165, 1.54) is 0 Å². The molecule has 34 heavy (non-hydrogen) atoms. The second-order valence-corrected chi connectivity index (χ2v) is 8.08. The Hall–Kier alpha value is -2.95. The van der Waals surface area contributed by atoms with E-state index in [9.17, 15) is 9.90 Å². The summed E-state index contributed by atoms with van der Waals surface area (Å²) in [6.45, 7) is 9.39. The van der Waals surface area contributed by atoms with Crippen LogP contribution in [0.25, 0.3) is 0 Å². The molecule has 1 N–H and O–H groups in total. The molecule has 0 saturated heterocycles. The number of benzene rings is 2. The van der Waals surface area contributed by atoms with Gasteiger partial charge in [0.25, 0.3) is 0 Å². The Bertz CT molecular complexity index is 1050. The first-order valence-electron chi connectivity index (χ1n) is 11.2. The maximum atomic E-state index is 11.3. The number of allylic oxidation sites excluding steroid dienone is 1. The van der Waals surface area contributed by atoms with E-state index in [1.54, 1.807) is 6.92 Å². The number of ether oxygens (including phenoxy) is 4. The number of hydrogen-bond donors (Lipinski definition) is 1. The Morgan fingerprint density at radius 1 is 1.03 bits per heavy atom. The standard InChI is InChI=1S/C27H31BrO6/c1-5-31-22-12-11-21(25(18-22)32-6-2)10-8-19(4)14-15-34-24-13-9-20(16-23(24)28)17-26(27(29)30)33-7-3/h9,11-14,16,18,26H,5-7,15,17H2,1-4H3,(H,29,30)/b19-14-. The first-order chi connectivity index (χ1) is 16.4. The summed E-state index contributed by atoms with van der Waals surface area (Å²) >= 11 is 3.50. The fourth-order valence-corrected chi connectivity index (χ4v) is 3.57. The average Bonchev–Trinajstić information content (AvgIpc) is 2.80. The van der Waals surface area contributed by atoms with E-state index in [4.69, 9.17) is 18.9 Å². The number of carbonyl (C=O) groups is 1. The highest BCUT2D eigenvalue weighted by atomic mass is 79.9. The van der Waals surface area contributed by atoms with Crippen molar-refractivity contribution in [1.29, 1.82) is 0 Å². The van der Waals surface area contributed by atoms with Gasteiger partial charge in [0, 0.05) is 19.1 Å². The smallest absolute Gasteiger partial charge is 0.333 e. The van der Waals surface area contributed by atoms with Gasteiger partial charge in [-0.15, -0.1) is 0 Å². The lowest BCUT2D eigenvalue weighted by atomic mass is 10.1. The van der Waals surface area contributed by atoms with Crippen LogP contribution in [0.3, 0.4) is 0 Å². The number of hydrogen-bond acceptors (Lipinski definition) is 5. The minimum Gasteiger partial charge on any atom is -0.494 e. The molecule has 0 amide bonds. The van der Waals surface area contributed by atoms with Crippen LogP contribution < -0.4 is 14.2 Å². The molecule has 0 heterocycles. The van der Waals surface area contributed by atoms with Gasteiger partial charge in [-0.1, -0.05) is 17.9 Å². The molecule has 2 rings (SSSR count). The number of aliphatic carboxylic acids is 1. The normalized spacial score (nSPS) is 11.9. The van der Waals surface area contributed by atoms with Crippen LogP contribution in [-0.2, 0) is 16.0 Å². The van der Waals surface area contributed by atoms with Crippen molar-refractivity contribution in [3.63, 3.8) is 0 Å². The van der Waals surface area contributed by atoms with Crippen molar-refractivity contribution in [1.82, 2.24) is 0 Å². The van der Waals surface area contributed by atoms with Gasteiger partial charge in [-0.05, 0) is 85.1 Å². The van der Waals surface area contributed by atoms with Crippen LogP contribution in [0.2, 0.25) is 0 Å². The molecule has 7 heteroatoms. The highest BCUT2D eigenvalue weighted by Gasteiger charge is 2.18. The highest BCUT2D eigenvalue weighted by Crippen LogP contribution is 2.27. The van der Waals surface area contributed by atoms with Crippen LogP contribution in [0.5, 0.6) is 17.2 Å². The van der Waals surface area contributed by atoms with Crippen molar-refractivity contribution in [3.8, 4) is 29.1 Å². The Kier molecular flexibility index (Phi) is 11.5. The SMILES string of the molecule is CCOc1ccc(C#C/C(C)=C\COc2ccc(CC(OCC)C(=O)O)cc2Br)c(OCC)c1. The van der Waals surface area contributed by atoms with Gasteiger partial charge in [-0.3, -0.25) is 0 Å². The highest BCUT2D eigenvalue weighted by molar-refractivity contribution is 9.10. The minimum absolute atomic E-state index is 0.284. The predicted molar refractivity (Wildman–Crippen MR) is 136 cm³/mol. The summed E-state index contributed by atoms with van der Waals surface area (Å²) in [7, 11) is 0. The molecule has 0 bridgehead atoms. The van der Waals surface area contributed by atoms with Crippen LogP contribution in [0.1, 0.15) is 38.8 Å². The van der Waals surface area contributed by atoms with Gasteiger partial charge in [-0.2, -0.15) is 0 Å².